The highest BCUT2D eigenvalue weighted by Gasteiger charge is 2.47. The molecule has 0 unspecified atom stereocenters. The number of nitrogens with two attached hydrogens (primary N) is 1. The summed E-state index contributed by atoms with van der Waals surface area (Å²) in [4.78, 5) is 12.1. The van der Waals surface area contributed by atoms with E-state index in [1.807, 2.05) is 6.92 Å². The zero-order chi connectivity index (χ0) is 21.4. The van der Waals surface area contributed by atoms with Gasteiger partial charge < -0.3 is 11.1 Å². The first-order valence-corrected chi connectivity index (χ1v) is 11.2. The molecule has 162 valence electrons. The van der Waals surface area contributed by atoms with Crippen LogP contribution in [0.2, 0.25) is 0 Å². The quantitative estimate of drug-likeness (QED) is 0.720. The van der Waals surface area contributed by atoms with E-state index in [0.717, 1.165) is 43.5 Å². The summed E-state index contributed by atoms with van der Waals surface area (Å²) in [5.41, 5.74) is 4.97. The first-order valence-electron chi connectivity index (χ1n) is 9.77. The lowest BCUT2D eigenvalue weighted by molar-refractivity contribution is -0.137. The van der Waals surface area contributed by atoms with Gasteiger partial charge in [0.25, 0.3) is 0 Å². The molecule has 10 heteroatoms. The van der Waals surface area contributed by atoms with Crippen molar-refractivity contribution in [3.8, 4) is 0 Å². The molecule has 2 fully saturated rings. The lowest BCUT2D eigenvalue weighted by Gasteiger charge is -2.23. The Morgan fingerprint density at radius 2 is 1.90 bits per heavy atom. The van der Waals surface area contributed by atoms with E-state index >= 15 is 0 Å². The van der Waals surface area contributed by atoms with Gasteiger partial charge in [-0.1, -0.05) is 13.3 Å². The average molecular weight is 433 g/mol. The van der Waals surface area contributed by atoms with Crippen molar-refractivity contribution in [3.63, 3.8) is 0 Å². The summed E-state index contributed by atoms with van der Waals surface area (Å²) < 4.78 is 65.3. The molecular weight excluding hydrogens is 407 g/mol. The van der Waals surface area contributed by atoms with Crippen LogP contribution in [0.4, 0.5) is 13.2 Å². The van der Waals surface area contributed by atoms with Gasteiger partial charge in [0, 0.05) is 19.1 Å². The number of halogens is 3. The highest BCUT2D eigenvalue weighted by molar-refractivity contribution is 7.89. The van der Waals surface area contributed by atoms with Crippen LogP contribution in [0.25, 0.3) is 0 Å². The van der Waals surface area contributed by atoms with Crippen molar-refractivity contribution in [3.05, 3.63) is 29.8 Å². The van der Waals surface area contributed by atoms with E-state index in [4.69, 9.17) is 5.73 Å². The fourth-order valence-electron chi connectivity index (χ4n) is 4.30. The summed E-state index contributed by atoms with van der Waals surface area (Å²) in [7, 11) is -3.89. The van der Waals surface area contributed by atoms with E-state index in [2.05, 4.69) is 5.32 Å². The second-order valence-corrected chi connectivity index (χ2v) is 9.79. The number of carbonyl (C=O) groups excluding carboxylic acids is 1. The molecule has 1 aromatic rings. The lowest BCUT2D eigenvalue weighted by atomic mass is 9.97. The van der Waals surface area contributed by atoms with E-state index in [0.29, 0.717) is 13.0 Å². The van der Waals surface area contributed by atoms with Gasteiger partial charge in [-0.15, -0.1) is 0 Å². The molecular formula is C19H26F3N3O3S. The van der Waals surface area contributed by atoms with Crippen LogP contribution in [0.3, 0.4) is 0 Å². The maximum atomic E-state index is 12.9. The zero-order valence-electron chi connectivity index (χ0n) is 16.2. The maximum absolute atomic E-state index is 12.9. The standard InChI is InChI=1S/C19H26F3N3O3S/c1-2-3-16(23)18(26)24-17-9-4-12-10-25(11-15(12)17)29(27,28)14-7-5-13(6-8-14)19(20,21)22/h5-8,12,15-17H,2-4,9-11,23H2,1H3,(H,24,26)/t12-,15+,16-,17+/m0/s1. The molecule has 1 aromatic carbocycles. The highest BCUT2D eigenvalue weighted by atomic mass is 32.2. The summed E-state index contributed by atoms with van der Waals surface area (Å²) in [5, 5.41) is 2.96. The van der Waals surface area contributed by atoms with E-state index in [1.165, 1.54) is 4.31 Å². The van der Waals surface area contributed by atoms with Gasteiger partial charge in [0.1, 0.15) is 0 Å². The predicted molar refractivity (Wildman–Crippen MR) is 101 cm³/mol. The SMILES string of the molecule is CCC[C@H](N)C(=O)N[C@@H]1CC[C@H]2CN(S(=O)(=O)c3ccc(C(F)(F)F)cc3)C[C@H]21. The Bertz CT molecular complexity index is 842. The molecule has 4 atom stereocenters. The van der Waals surface area contributed by atoms with E-state index < -0.39 is 27.8 Å². The molecule has 1 aliphatic carbocycles. The Kier molecular flexibility index (Phi) is 6.26. The molecule has 0 aromatic heterocycles. The molecule has 1 saturated heterocycles. The predicted octanol–water partition coefficient (Wildman–Crippen LogP) is 2.35. The second kappa shape index (κ2) is 8.23. The molecule has 1 aliphatic heterocycles. The fraction of sp³-hybridized carbons (Fsp3) is 0.632. The Labute approximate surface area is 168 Å². The number of hydrogen-bond donors (Lipinski definition) is 2. The molecule has 0 spiro atoms. The van der Waals surface area contributed by atoms with Crippen LogP contribution in [-0.2, 0) is 21.0 Å². The number of hydrogen-bond acceptors (Lipinski definition) is 4. The summed E-state index contributed by atoms with van der Waals surface area (Å²) in [6.07, 6.45) is -1.58. The van der Waals surface area contributed by atoms with Gasteiger partial charge in [-0.05, 0) is 55.4 Å². The first kappa shape index (κ1) is 22.0. The van der Waals surface area contributed by atoms with Gasteiger partial charge in [0.2, 0.25) is 15.9 Å². The second-order valence-electron chi connectivity index (χ2n) is 7.86. The number of alkyl halides is 3. The summed E-state index contributed by atoms with van der Waals surface area (Å²) in [6, 6.07) is 2.84. The van der Waals surface area contributed by atoms with Crippen molar-refractivity contribution < 1.29 is 26.4 Å². The van der Waals surface area contributed by atoms with Crippen molar-refractivity contribution in [1.29, 1.82) is 0 Å². The van der Waals surface area contributed by atoms with Crippen LogP contribution < -0.4 is 11.1 Å². The number of amides is 1. The van der Waals surface area contributed by atoms with Crippen molar-refractivity contribution in [2.24, 2.45) is 17.6 Å². The molecule has 2 aliphatic rings. The first-order chi connectivity index (χ1) is 13.5. The summed E-state index contributed by atoms with van der Waals surface area (Å²) in [5.74, 6) is -0.120. The monoisotopic (exact) mass is 433 g/mol. The number of benzene rings is 1. The van der Waals surface area contributed by atoms with Gasteiger partial charge in [-0.2, -0.15) is 17.5 Å². The van der Waals surface area contributed by atoms with Crippen LogP contribution >= 0.6 is 0 Å². The Morgan fingerprint density at radius 3 is 2.48 bits per heavy atom. The third-order valence-electron chi connectivity index (χ3n) is 5.91. The number of sulfonamides is 1. The zero-order valence-corrected chi connectivity index (χ0v) is 17.0. The third-order valence-corrected chi connectivity index (χ3v) is 7.75. The van der Waals surface area contributed by atoms with Gasteiger partial charge in [0.15, 0.2) is 0 Å². The van der Waals surface area contributed by atoms with E-state index in [9.17, 15) is 26.4 Å². The normalized spacial score (nSPS) is 26.3. The minimum absolute atomic E-state index is 0.0167. The number of nitrogens with zero attached hydrogens (tertiary/aromatic N) is 1. The Hall–Kier alpha value is -1.65. The molecule has 0 bridgehead atoms. The molecule has 29 heavy (non-hydrogen) atoms. The van der Waals surface area contributed by atoms with Crippen LogP contribution in [0.5, 0.6) is 0 Å². The topological polar surface area (TPSA) is 92.5 Å². The number of nitrogens with one attached hydrogen (secondary N) is 1. The summed E-state index contributed by atoms with van der Waals surface area (Å²) >= 11 is 0. The molecule has 1 saturated carbocycles. The Balaban J connectivity index is 1.69. The van der Waals surface area contributed by atoms with Crippen LogP contribution in [0, 0.1) is 11.8 Å². The fourth-order valence-corrected chi connectivity index (χ4v) is 5.83. The average Bonchev–Trinajstić information content (AvgIpc) is 3.24. The van der Waals surface area contributed by atoms with Gasteiger partial charge >= 0.3 is 6.18 Å². The van der Waals surface area contributed by atoms with Crippen molar-refractivity contribution in [2.45, 2.75) is 55.8 Å². The lowest BCUT2D eigenvalue weighted by Crippen LogP contribution is -2.47. The summed E-state index contributed by atoms with van der Waals surface area (Å²) in [6.45, 7) is 2.49. The smallest absolute Gasteiger partial charge is 0.352 e. The maximum Gasteiger partial charge on any atom is 0.416 e. The molecule has 6 nitrogen and oxygen atoms in total. The molecule has 3 rings (SSSR count). The largest absolute Gasteiger partial charge is 0.416 e. The minimum Gasteiger partial charge on any atom is -0.352 e. The third kappa shape index (κ3) is 4.59. The molecule has 0 radical (unpaired) electrons. The van der Waals surface area contributed by atoms with Crippen LogP contribution in [-0.4, -0.2) is 43.8 Å². The number of fused-ring (bicyclic) bond motifs is 1. The highest BCUT2D eigenvalue weighted by Crippen LogP contribution is 2.40. The molecule has 3 N–H and O–H groups in total. The van der Waals surface area contributed by atoms with Crippen molar-refractivity contribution in [1.82, 2.24) is 9.62 Å². The molecule has 1 amide bonds. The minimum atomic E-state index is -4.52. The van der Waals surface area contributed by atoms with Crippen LogP contribution in [0.15, 0.2) is 29.2 Å². The van der Waals surface area contributed by atoms with Gasteiger partial charge in [-0.3, -0.25) is 4.79 Å². The van der Waals surface area contributed by atoms with Gasteiger partial charge in [-0.25, -0.2) is 8.42 Å². The Morgan fingerprint density at radius 1 is 1.24 bits per heavy atom. The molecule has 1 heterocycles. The number of rotatable bonds is 6. The van der Waals surface area contributed by atoms with Crippen molar-refractivity contribution in [2.75, 3.05) is 13.1 Å². The van der Waals surface area contributed by atoms with Crippen LogP contribution in [0.1, 0.15) is 38.2 Å². The number of carbonyl (C=O) groups is 1. The van der Waals surface area contributed by atoms with Gasteiger partial charge in [0.05, 0.1) is 16.5 Å². The van der Waals surface area contributed by atoms with E-state index in [-0.39, 0.29) is 35.2 Å². The van der Waals surface area contributed by atoms with E-state index in [1.54, 1.807) is 0 Å². The van der Waals surface area contributed by atoms with Crippen molar-refractivity contribution >= 4 is 15.9 Å².